The molecule has 0 fully saturated rings. The Bertz CT molecular complexity index is 399. The van der Waals surface area contributed by atoms with Crippen molar-refractivity contribution in [3.63, 3.8) is 0 Å². The highest BCUT2D eigenvalue weighted by atomic mass is 16.4. The van der Waals surface area contributed by atoms with Crippen LogP contribution in [0.1, 0.15) is 30.0 Å². The third-order valence-electron chi connectivity index (χ3n) is 2.07. The maximum Gasteiger partial charge on any atom is 0.358 e. The third kappa shape index (κ3) is 2.78. The Morgan fingerprint density at radius 2 is 2.19 bits per heavy atom. The molecule has 1 aromatic heterocycles. The SMILES string of the molecule is CCc1c(C(=O)O)nnn1CCNC(C)=O. The highest BCUT2D eigenvalue weighted by Crippen LogP contribution is 2.05. The molecule has 1 aromatic rings. The number of carbonyl (C=O) groups excluding carboxylic acids is 1. The Morgan fingerprint density at radius 3 is 2.69 bits per heavy atom. The van der Waals surface area contributed by atoms with Gasteiger partial charge in [0.05, 0.1) is 12.2 Å². The molecular formula is C9H14N4O3. The fraction of sp³-hybridized carbons (Fsp3) is 0.556. The van der Waals surface area contributed by atoms with Gasteiger partial charge in [-0.05, 0) is 6.42 Å². The van der Waals surface area contributed by atoms with Crippen molar-refractivity contribution < 1.29 is 14.7 Å². The van der Waals surface area contributed by atoms with Gasteiger partial charge in [0.15, 0.2) is 5.69 Å². The molecule has 0 saturated carbocycles. The van der Waals surface area contributed by atoms with Gasteiger partial charge in [-0.15, -0.1) is 5.10 Å². The minimum absolute atomic E-state index is 0.0228. The molecule has 0 aliphatic rings. The maximum atomic E-state index is 10.8. The molecular weight excluding hydrogens is 212 g/mol. The molecule has 7 nitrogen and oxygen atoms in total. The maximum absolute atomic E-state index is 10.8. The molecule has 0 saturated heterocycles. The lowest BCUT2D eigenvalue weighted by atomic mass is 10.2. The van der Waals surface area contributed by atoms with E-state index in [1.807, 2.05) is 6.92 Å². The van der Waals surface area contributed by atoms with Gasteiger partial charge in [0.2, 0.25) is 5.91 Å². The molecule has 0 aromatic carbocycles. The lowest BCUT2D eigenvalue weighted by molar-refractivity contribution is -0.119. The Hall–Kier alpha value is -1.92. The number of hydrogen-bond donors (Lipinski definition) is 2. The second-order valence-electron chi connectivity index (χ2n) is 3.25. The standard InChI is InChI=1S/C9H14N4O3/c1-3-7-8(9(15)16)11-12-13(7)5-4-10-6(2)14/h3-5H2,1-2H3,(H,10,14)(H,15,16). The minimum atomic E-state index is -1.08. The second-order valence-corrected chi connectivity index (χ2v) is 3.25. The average molecular weight is 226 g/mol. The number of carboxylic acids is 1. The van der Waals surface area contributed by atoms with Crippen LogP contribution in [0.25, 0.3) is 0 Å². The number of nitrogens with zero attached hydrogens (tertiary/aromatic N) is 3. The lowest BCUT2D eigenvalue weighted by Gasteiger charge is -2.05. The summed E-state index contributed by atoms with van der Waals surface area (Å²) in [4.78, 5) is 21.4. The first-order chi connectivity index (χ1) is 7.56. The van der Waals surface area contributed by atoms with Crippen molar-refractivity contribution in [2.75, 3.05) is 6.54 Å². The molecule has 0 atom stereocenters. The van der Waals surface area contributed by atoms with Crippen molar-refractivity contribution in [2.24, 2.45) is 0 Å². The van der Waals surface area contributed by atoms with E-state index >= 15 is 0 Å². The summed E-state index contributed by atoms with van der Waals surface area (Å²) < 4.78 is 1.50. The van der Waals surface area contributed by atoms with E-state index in [-0.39, 0.29) is 11.6 Å². The van der Waals surface area contributed by atoms with Crippen LogP contribution < -0.4 is 5.32 Å². The summed E-state index contributed by atoms with van der Waals surface area (Å²) in [5.74, 6) is -1.21. The van der Waals surface area contributed by atoms with Crippen LogP contribution in [0.2, 0.25) is 0 Å². The number of nitrogens with one attached hydrogen (secondary N) is 1. The van der Waals surface area contributed by atoms with Crippen LogP contribution in [-0.2, 0) is 17.8 Å². The van der Waals surface area contributed by atoms with Gasteiger partial charge in [0.25, 0.3) is 0 Å². The molecule has 2 N–H and O–H groups in total. The van der Waals surface area contributed by atoms with Gasteiger partial charge in [-0.2, -0.15) is 0 Å². The molecule has 0 unspecified atom stereocenters. The van der Waals surface area contributed by atoms with Crippen LogP contribution in [0.4, 0.5) is 0 Å². The summed E-state index contributed by atoms with van der Waals surface area (Å²) in [5.41, 5.74) is 0.545. The summed E-state index contributed by atoms with van der Waals surface area (Å²) in [7, 11) is 0. The van der Waals surface area contributed by atoms with Crippen molar-refractivity contribution in [2.45, 2.75) is 26.8 Å². The van der Waals surface area contributed by atoms with Gasteiger partial charge < -0.3 is 10.4 Å². The normalized spacial score (nSPS) is 10.1. The summed E-state index contributed by atoms with van der Waals surface area (Å²) in [6.07, 6.45) is 0.536. The van der Waals surface area contributed by atoms with Crippen molar-refractivity contribution in [1.82, 2.24) is 20.3 Å². The van der Waals surface area contributed by atoms with E-state index in [2.05, 4.69) is 15.6 Å². The van der Waals surface area contributed by atoms with Crippen molar-refractivity contribution in [3.8, 4) is 0 Å². The van der Waals surface area contributed by atoms with Gasteiger partial charge in [-0.1, -0.05) is 12.1 Å². The first-order valence-electron chi connectivity index (χ1n) is 4.96. The van der Waals surface area contributed by atoms with Gasteiger partial charge in [-0.25, -0.2) is 9.48 Å². The topological polar surface area (TPSA) is 97.1 Å². The smallest absolute Gasteiger partial charge is 0.358 e. The molecule has 16 heavy (non-hydrogen) atoms. The number of rotatable bonds is 5. The lowest BCUT2D eigenvalue weighted by Crippen LogP contribution is -2.25. The highest BCUT2D eigenvalue weighted by Gasteiger charge is 2.16. The first kappa shape index (κ1) is 12.2. The van der Waals surface area contributed by atoms with Crippen molar-refractivity contribution in [1.29, 1.82) is 0 Å². The summed E-state index contributed by atoms with van der Waals surface area (Å²) in [6.45, 7) is 4.08. The Kier molecular flexibility index (Phi) is 3.98. The van der Waals surface area contributed by atoms with E-state index < -0.39 is 5.97 Å². The van der Waals surface area contributed by atoms with Crippen molar-refractivity contribution >= 4 is 11.9 Å². The Labute approximate surface area is 92.4 Å². The number of carbonyl (C=O) groups is 2. The second kappa shape index (κ2) is 5.24. The van der Waals surface area contributed by atoms with Crippen LogP contribution in [0, 0.1) is 0 Å². The zero-order valence-corrected chi connectivity index (χ0v) is 9.23. The molecule has 0 aliphatic heterocycles. The largest absolute Gasteiger partial charge is 0.476 e. The molecule has 88 valence electrons. The molecule has 1 rings (SSSR count). The quantitative estimate of drug-likeness (QED) is 0.716. The Morgan fingerprint density at radius 1 is 1.50 bits per heavy atom. The van der Waals surface area contributed by atoms with Gasteiger partial charge in [0.1, 0.15) is 0 Å². The van der Waals surface area contributed by atoms with E-state index in [9.17, 15) is 9.59 Å². The molecule has 7 heteroatoms. The number of aromatic nitrogens is 3. The zero-order valence-electron chi connectivity index (χ0n) is 9.23. The molecule has 1 heterocycles. The highest BCUT2D eigenvalue weighted by molar-refractivity contribution is 5.86. The number of amides is 1. The van der Waals surface area contributed by atoms with Gasteiger partial charge >= 0.3 is 5.97 Å². The molecule has 0 bridgehead atoms. The summed E-state index contributed by atoms with van der Waals surface area (Å²) in [5, 5.41) is 18.8. The van der Waals surface area contributed by atoms with E-state index in [0.717, 1.165) is 0 Å². The van der Waals surface area contributed by atoms with Crippen LogP contribution in [-0.4, -0.2) is 38.5 Å². The average Bonchev–Trinajstić information content (AvgIpc) is 2.60. The van der Waals surface area contributed by atoms with Gasteiger partial charge in [-0.3, -0.25) is 4.79 Å². The van der Waals surface area contributed by atoms with E-state index in [4.69, 9.17) is 5.11 Å². The monoisotopic (exact) mass is 226 g/mol. The Balaban J connectivity index is 2.73. The fourth-order valence-corrected chi connectivity index (χ4v) is 1.37. The number of hydrogen-bond acceptors (Lipinski definition) is 4. The molecule has 1 amide bonds. The fourth-order valence-electron chi connectivity index (χ4n) is 1.37. The van der Waals surface area contributed by atoms with Crippen LogP contribution in [0.3, 0.4) is 0 Å². The van der Waals surface area contributed by atoms with Crippen molar-refractivity contribution in [3.05, 3.63) is 11.4 Å². The van der Waals surface area contributed by atoms with E-state index in [1.165, 1.54) is 11.6 Å². The first-order valence-corrected chi connectivity index (χ1v) is 4.96. The van der Waals surface area contributed by atoms with Gasteiger partial charge in [0, 0.05) is 13.5 Å². The molecule has 0 radical (unpaired) electrons. The summed E-state index contributed by atoms with van der Waals surface area (Å²) >= 11 is 0. The number of carboxylic acid groups (broad SMARTS) is 1. The number of aromatic carboxylic acids is 1. The zero-order chi connectivity index (χ0) is 12.1. The van der Waals surface area contributed by atoms with E-state index in [0.29, 0.717) is 25.2 Å². The van der Waals surface area contributed by atoms with Crippen LogP contribution >= 0.6 is 0 Å². The predicted molar refractivity (Wildman–Crippen MR) is 55.0 cm³/mol. The van der Waals surface area contributed by atoms with Crippen LogP contribution in [0.15, 0.2) is 0 Å². The van der Waals surface area contributed by atoms with E-state index in [1.54, 1.807) is 0 Å². The minimum Gasteiger partial charge on any atom is -0.476 e. The summed E-state index contributed by atoms with van der Waals surface area (Å²) in [6, 6.07) is 0. The third-order valence-corrected chi connectivity index (χ3v) is 2.07. The predicted octanol–water partition coefficient (Wildman–Crippen LogP) is -0.325. The molecule has 0 aliphatic carbocycles. The van der Waals surface area contributed by atoms with Crippen LogP contribution in [0.5, 0.6) is 0 Å². The molecule has 0 spiro atoms.